The van der Waals surface area contributed by atoms with E-state index in [2.05, 4.69) is 27.9 Å². The summed E-state index contributed by atoms with van der Waals surface area (Å²) < 4.78 is 33.2. The lowest BCUT2D eigenvalue weighted by Gasteiger charge is -2.34. The van der Waals surface area contributed by atoms with E-state index in [1.807, 2.05) is 54.6 Å². The van der Waals surface area contributed by atoms with Gasteiger partial charge in [-0.1, -0.05) is 55.3 Å². The fourth-order valence-corrected chi connectivity index (χ4v) is 6.32. The lowest BCUT2D eigenvalue weighted by atomic mass is 10.0. The molecular weight excluding hydrogens is 653 g/mol. The van der Waals surface area contributed by atoms with Crippen LogP contribution in [0.4, 0.5) is 5.69 Å². The first-order valence-electron chi connectivity index (χ1n) is 13.6. The zero-order chi connectivity index (χ0) is 29.4. The Balaban J connectivity index is 1.73. The predicted molar refractivity (Wildman–Crippen MR) is 169 cm³/mol. The van der Waals surface area contributed by atoms with Crippen LogP contribution in [0.5, 0.6) is 5.75 Å². The highest BCUT2D eigenvalue weighted by Crippen LogP contribution is 2.23. The Labute approximate surface area is 256 Å². The highest BCUT2D eigenvalue weighted by molar-refractivity contribution is 14.1. The number of halogens is 1. The van der Waals surface area contributed by atoms with Gasteiger partial charge in [-0.05, 0) is 83.0 Å². The molecule has 1 N–H and O–H groups in total. The van der Waals surface area contributed by atoms with Crippen molar-refractivity contribution < 1.29 is 22.7 Å². The van der Waals surface area contributed by atoms with Crippen LogP contribution in [0.3, 0.4) is 0 Å². The fourth-order valence-electron chi connectivity index (χ4n) is 5.11. The Bertz CT molecular complexity index is 1430. The minimum atomic E-state index is -3.80. The van der Waals surface area contributed by atoms with Crippen molar-refractivity contribution in [3.05, 3.63) is 93.6 Å². The van der Waals surface area contributed by atoms with Crippen LogP contribution in [0, 0.1) is 3.57 Å². The van der Waals surface area contributed by atoms with Gasteiger partial charge in [0.15, 0.2) is 0 Å². The maximum atomic E-state index is 14.2. The quantitative estimate of drug-likeness (QED) is 0.277. The summed E-state index contributed by atoms with van der Waals surface area (Å²) in [5.41, 5.74) is 2.06. The number of benzene rings is 3. The molecule has 41 heavy (non-hydrogen) atoms. The number of sulfonamides is 1. The van der Waals surface area contributed by atoms with Gasteiger partial charge in [0.25, 0.3) is 0 Å². The normalized spacial score (nSPS) is 14.3. The monoisotopic (exact) mass is 689 g/mol. The molecule has 0 saturated heterocycles. The number of ether oxygens (including phenoxy) is 1. The van der Waals surface area contributed by atoms with E-state index in [1.165, 1.54) is 4.90 Å². The van der Waals surface area contributed by atoms with Crippen molar-refractivity contribution in [2.45, 2.75) is 50.7 Å². The number of nitrogens with one attached hydrogen (secondary N) is 1. The Morgan fingerprint density at radius 1 is 0.976 bits per heavy atom. The third-order valence-electron chi connectivity index (χ3n) is 7.25. The lowest BCUT2D eigenvalue weighted by molar-refractivity contribution is -0.140. The van der Waals surface area contributed by atoms with Gasteiger partial charge in [-0.3, -0.25) is 13.9 Å². The first kappa shape index (κ1) is 30.8. The van der Waals surface area contributed by atoms with Crippen LogP contribution in [0.1, 0.15) is 36.8 Å². The lowest BCUT2D eigenvalue weighted by Crippen LogP contribution is -2.54. The van der Waals surface area contributed by atoms with Crippen LogP contribution in [-0.4, -0.2) is 57.1 Å². The van der Waals surface area contributed by atoms with Gasteiger partial charge in [0.1, 0.15) is 18.3 Å². The van der Waals surface area contributed by atoms with Crippen LogP contribution in [0.2, 0.25) is 0 Å². The number of nitrogens with zero attached hydrogens (tertiary/aromatic N) is 2. The van der Waals surface area contributed by atoms with E-state index in [0.717, 1.165) is 50.9 Å². The van der Waals surface area contributed by atoms with Crippen molar-refractivity contribution in [2.24, 2.45) is 0 Å². The summed E-state index contributed by atoms with van der Waals surface area (Å²) in [4.78, 5) is 29.6. The second-order valence-corrected chi connectivity index (χ2v) is 13.5. The molecule has 1 aliphatic carbocycles. The molecule has 218 valence electrons. The van der Waals surface area contributed by atoms with Crippen molar-refractivity contribution in [3.8, 4) is 5.75 Å². The van der Waals surface area contributed by atoms with Gasteiger partial charge < -0.3 is 15.0 Å². The highest BCUT2D eigenvalue weighted by Gasteiger charge is 2.34. The molecule has 4 rings (SSSR count). The van der Waals surface area contributed by atoms with Crippen LogP contribution >= 0.6 is 22.6 Å². The zero-order valence-corrected chi connectivity index (χ0v) is 26.3. The largest absolute Gasteiger partial charge is 0.497 e. The number of carbonyl (C=O) groups is 2. The molecule has 0 heterocycles. The topological polar surface area (TPSA) is 96.0 Å². The molecule has 0 bridgehead atoms. The number of rotatable bonds is 12. The van der Waals surface area contributed by atoms with E-state index >= 15 is 0 Å². The van der Waals surface area contributed by atoms with E-state index in [0.29, 0.717) is 11.4 Å². The SMILES string of the molecule is COc1cccc(CN(C(=O)CN(c2ccc(I)cc2)S(C)(=O)=O)C(Cc2ccccc2)C(=O)NC2CCCC2)c1. The summed E-state index contributed by atoms with van der Waals surface area (Å²) in [5.74, 6) is -0.0852. The summed E-state index contributed by atoms with van der Waals surface area (Å²) >= 11 is 2.14. The molecule has 0 spiro atoms. The van der Waals surface area contributed by atoms with E-state index in [-0.39, 0.29) is 24.9 Å². The zero-order valence-electron chi connectivity index (χ0n) is 23.3. The first-order chi connectivity index (χ1) is 19.6. The summed E-state index contributed by atoms with van der Waals surface area (Å²) in [6.45, 7) is -0.332. The Morgan fingerprint density at radius 3 is 2.27 bits per heavy atom. The molecule has 2 amide bonds. The van der Waals surface area contributed by atoms with Crippen LogP contribution in [0.15, 0.2) is 78.9 Å². The summed E-state index contributed by atoms with van der Waals surface area (Å²) in [6, 6.07) is 23.0. The van der Waals surface area contributed by atoms with Gasteiger partial charge in [-0.25, -0.2) is 8.42 Å². The molecule has 1 unspecified atom stereocenters. The number of hydrogen-bond acceptors (Lipinski definition) is 5. The Morgan fingerprint density at radius 2 is 1.63 bits per heavy atom. The average molecular weight is 690 g/mol. The average Bonchev–Trinajstić information content (AvgIpc) is 3.47. The van der Waals surface area contributed by atoms with Crippen molar-refractivity contribution in [3.63, 3.8) is 0 Å². The van der Waals surface area contributed by atoms with Crippen LogP contribution in [-0.2, 0) is 32.6 Å². The van der Waals surface area contributed by atoms with E-state index < -0.39 is 28.5 Å². The molecule has 10 heteroatoms. The second kappa shape index (κ2) is 14.2. The molecule has 0 aliphatic heterocycles. The molecular formula is C31H36IN3O5S. The van der Waals surface area contributed by atoms with Gasteiger partial charge in [0.05, 0.1) is 19.1 Å². The van der Waals surface area contributed by atoms with Crippen LogP contribution in [0.25, 0.3) is 0 Å². The molecule has 1 atom stereocenters. The van der Waals surface area contributed by atoms with Crippen molar-refractivity contribution in [1.29, 1.82) is 0 Å². The third kappa shape index (κ3) is 8.68. The standard InChI is InChI=1S/C31H36IN3O5S/c1-40-28-14-8-11-24(19-28)21-34(30(36)22-35(41(2,38)39)27-17-15-25(32)16-18-27)29(20-23-9-4-3-5-10-23)31(37)33-26-12-6-7-13-26/h3-5,8-11,14-19,26,29H,6-7,12-13,20-22H2,1-2H3,(H,33,37). The van der Waals surface area contributed by atoms with Gasteiger partial charge in [-0.2, -0.15) is 0 Å². The van der Waals surface area contributed by atoms with Gasteiger partial charge in [-0.15, -0.1) is 0 Å². The molecule has 1 saturated carbocycles. The smallest absolute Gasteiger partial charge is 0.244 e. The summed E-state index contributed by atoms with van der Waals surface area (Å²) in [7, 11) is -2.23. The highest BCUT2D eigenvalue weighted by atomic mass is 127. The second-order valence-electron chi connectivity index (χ2n) is 10.3. The van der Waals surface area contributed by atoms with Crippen molar-refractivity contribution in [2.75, 3.05) is 24.2 Å². The van der Waals surface area contributed by atoms with E-state index in [1.54, 1.807) is 31.4 Å². The van der Waals surface area contributed by atoms with Gasteiger partial charge >= 0.3 is 0 Å². The molecule has 3 aromatic rings. The molecule has 1 fully saturated rings. The number of hydrogen-bond donors (Lipinski definition) is 1. The minimum Gasteiger partial charge on any atom is -0.497 e. The fraction of sp³-hybridized carbons (Fsp3) is 0.355. The molecule has 0 aromatic heterocycles. The number of methoxy groups -OCH3 is 1. The van der Waals surface area contributed by atoms with E-state index in [9.17, 15) is 18.0 Å². The maximum absolute atomic E-state index is 14.2. The Hall–Kier alpha value is -3.12. The third-order valence-corrected chi connectivity index (χ3v) is 9.11. The molecule has 0 radical (unpaired) electrons. The first-order valence-corrected chi connectivity index (χ1v) is 16.6. The number of anilines is 1. The summed E-state index contributed by atoms with van der Waals surface area (Å²) in [6.07, 6.45) is 5.29. The Kier molecular flexibility index (Phi) is 10.7. The number of amides is 2. The predicted octanol–water partition coefficient (Wildman–Crippen LogP) is 4.76. The molecule has 3 aromatic carbocycles. The summed E-state index contributed by atoms with van der Waals surface area (Å²) in [5, 5.41) is 3.17. The van der Waals surface area contributed by atoms with Crippen molar-refractivity contribution >= 4 is 50.1 Å². The van der Waals surface area contributed by atoms with Gasteiger partial charge in [0, 0.05) is 22.6 Å². The maximum Gasteiger partial charge on any atom is 0.244 e. The number of carbonyl (C=O) groups excluding carboxylic acids is 2. The molecule has 1 aliphatic rings. The molecule has 8 nitrogen and oxygen atoms in total. The van der Waals surface area contributed by atoms with Gasteiger partial charge in [0.2, 0.25) is 21.8 Å². The van der Waals surface area contributed by atoms with E-state index in [4.69, 9.17) is 4.74 Å². The van der Waals surface area contributed by atoms with Crippen molar-refractivity contribution in [1.82, 2.24) is 10.2 Å². The van der Waals surface area contributed by atoms with Crippen LogP contribution < -0.4 is 14.4 Å². The minimum absolute atomic E-state index is 0.0638.